The summed E-state index contributed by atoms with van der Waals surface area (Å²) in [4.78, 5) is 47.2. The Morgan fingerprint density at radius 1 is 0.881 bits per heavy atom. The molecule has 1 aromatic rings. The van der Waals surface area contributed by atoms with E-state index in [-0.39, 0.29) is 47.2 Å². The van der Waals surface area contributed by atoms with Crippen molar-refractivity contribution in [2.45, 2.75) is 193 Å². The third-order valence-electron chi connectivity index (χ3n) is 14.9. The van der Waals surface area contributed by atoms with Gasteiger partial charge in [0.1, 0.15) is 52.8 Å². The van der Waals surface area contributed by atoms with Crippen LogP contribution in [0.2, 0.25) is 0 Å². The zero-order valence-electron chi connectivity index (χ0n) is 41.4. The topological polar surface area (TPSA) is 182 Å². The van der Waals surface area contributed by atoms with Crippen molar-refractivity contribution < 1.29 is 58.5 Å². The van der Waals surface area contributed by atoms with E-state index in [0.29, 0.717) is 48.4 Å². The second kappa shape index (κ2) is 19.7. The van der Waals surface area contributed by atoms with Gasteiger partial charge in [-0.05, 0) is 106 Å². The molecule has 368 valence electrons. The summed E-state index contributed by atoms with van der Waals surface area (Å²) in [5.74, 6) is -1.44. The second-order valence-electron chi connectivity index (χ2n) is 21.0. The van der Waals surface area contributed by atoms with Crippen LogP contribution in [-0.4, -0.2) is 116 Å². The van der Waals surface area contributed by atoms with Crippen molar-refractivity contribution >= 4 is 23.5 Å². The molecule has 10 atom stereocenters. The number of ether oxygens (including phenoxy) is 5. The van der Waals surface area contributed by atoms with E-state index in [9.17, 15) is 25.2 Å². The Balaban J connectivity index is 1.42. The fourth-order valence-corrected chi connectivity index (χ4v) is 11.2. The summed E-state index contributed by atoms with van der Waals surface area (Å²) in [5, 5.41) is 43.0. The Bertz CT molecular complexity index is 2230. The summed E-state index contributed by atoms with van der Waals surface area (Å²) < 4.78 is 34.2. The molecule has 7 aliphatic rings. The van der Waals surface area contributed by atoms with Gasteiger partial charge in [-0.1, -0.05) is 75.0 Å². The number of allylic oxidation sites excluding steroid dienone is 5. The van der Waals surface area contributed by atoms with Crippen LogP contribution in [0.15, 0.2) is 52.7 Å². The number of hydrogen-bond donors (Lipinski definition) is 4. The number of ketones is 2. The number of Topliss-reactive ketones (excluding diaryl/α,β-unsaturated/α-hetero) is 2. The molecule has 4 heterocycles. The number of benzene rings is 1. The molecule has 3 fully saturated rings. The fourth-order valence-electron chi connectivity index (χ4n) is 11.2. The van der Waals surface area contributed by atoms with Gasteiger partial charge in [-0.25, -0.2) is 0 Å². The monoisotopic (exact) mass is 930 g/mol. The largest absolute Gasteiger partial charge is 0.482 e. The molecule has 1 amide bonds. The summed E-state index contributed by atoms with van der Waals surface area (Å²) in [6.07, 6.45) is 11.2. The lowest BCUT2D eigenvalue weighted by molar-refractivity contribution is -0.277. The maximum Gasteiger partial charge on any atom is 0.249 e. The fraction of sp³-hybridized carbons (Fsp3) is 0.648. The molecule has 4 aliphatic heterocycles. The van der Waals surface area contributed by atoms with Gasteiger partial charge >= 0.3 is 0 Å². The van der Waals surface area contributed by atoms with Crippen LogP contribution in [0, 0.1) is 11.8 Å². The first-order chi connectivity index (χ1) is 31.7. The van der Waals surface area contributed by atoms with Gasteiger partial charge in [0.2, 0.25) is 12.2 Å². The van der Waals surface area contributed by atoms with E-state index in [0.717, 1.165) is 50.5 Å². The maximum absolute atomic E-state index is 15.9. The molecule has 1 aromatic carbocycles. The number of nitrogens with zero attached hydrogens (tertiary/aromatic N) is 1. The lowest BCUT2D eigenvalue weighted by atomic mass is 9.51. The number of fused-ring (bicyclic) bond motifs is 2. The number of carbonyl (C=O) groups is 3. The van der Waals surface area contributed by atoms with Crippen LogP contribution in [0.25, 0.3) is 6.08 Å². The van der Waals surface area contributed by atoms with Crippen LogP contribution in [-0.2, 0) is 25.5 Å². The summed E-state index contributed by atoms with van der Waals surface area (Å²) >= 11 is 0. The Morgan fingerprint density at radius 2 is 1.55 bits per heavy atom. The van der Waals surface area contributed by atoms with E-state index in [1.54, 1.807) is 19.1 Å². The molecule has 5 unspecified atom stereocenters. The molecule has 2 saturated heterocycles. The SMILES string of the molecule is CCCCCN(CCCCC)C(=O)C(C)=CCC12OC(C)(C)C3CC(C=C4C(=O)c5c(O[C@@H]6O[C@H](CO)[C@@H](O)[C@H](O)[C@H]6O)c6c(c(CC=C(C)C)c5OC431)OC(C)(CCC=C(C)C)C=C6)C2=O. The van der Waals surface area contributed by atoms with Crippen molar-refractivity contribution in [1.29, 1.82) is 0 Å². The third-order valence-corrected chi connectivity index (χ3v) is 14.9. The van der Waals surface area contributed by atoms with Crippen LogP contribution < -0.4 is 14.2 Å². The number of amides is 1. The number of aliphatic hydroxyl groups is 4. The van der Waals surface area contributed by atoms with Gasteiger partial charge in [0.25, 0.3) is 0 Å². The predicted molar refractivity (Wildman–Crippen MR) is 255 cm³/mol. The molecule has 8 rings (SSSR count). The first-order valence-electron chi connectivity index (χ1n) is 24.7. The Labute approximate surface area is 396 Å². The van der Waals surface area contributed by atoms with Gasteiger partial charge in [-0.3, -0.25) is 14.4 Å². The standard InChI is InChI=1S/C54H75NO12/c1-11-13-15-26-55(27-16-14-12-2)49(62)33(7)21-25-53-48(61)34-28-37-41(57)40-46(64-50-44(60)43(59)42(58)38(30-56)63-50)36-22-24-52(10,23-17-18-31(3)4)65-45(36)35(20-19-32(5)6)47(40)66-54(37,53)39(29-34)51(8,9)67-53/h18-19,21-22,24,28,34,38-39,42-44,50,56,58-60H,11-17,20,23,25-27,29-30H2,1-10H3/t34?,38-,39?,42-,43+,44-,50+,52?,53?,54?/m1/s1. The Hall–Kier alpha value is -4.11. The smallest absolute Gasteiger partial charge is 0.249 e. The van der Waals surface area contributed by atoms with Crippen molar-refractivity contribution in [1.82, 2.24) is 4.90 Å². The van der Waals surface area contributed by atoms with Crippen LogP contribution in [0.3, 0.4) is 0 Å². The van der Waals surface area contributed by atoms with Crippen molar-refractivity contribution in [2.24, 2.45) is 11.8 Å². The molecule has 3 aliphatic carbocycles. The summed E-state index contributed by atoms with van der Waals surface area (Å²) in [5.41, 5.74) is -1.22. The van der Waals surface area contributed by atoms with Gasteiger partial charge in [0.05, 0.1) is 17.8 Å². The normalized spacial score (nSPS) is 32.1. The lowest BCUT2D eigenvalue weighted by Gasteiger charge is -2.56. The highest BCUT2D eigenvalue weighted by atomic mass is 16.7. The van der Waals surface area contributed by atoms with Crippen LogP contribution in [0.4, 0.5) is 0 Å². The number of rotatable bonds is 19. The Kier molecular flexibility index (Phi) is 14.9. The molecular weight excluding hydrogens is 855 g/mol. The molecule has 0 aromatic heterocycles. The lowest BCUT2D eigenvalue weighted by Crippen LogP contribution is -2.72. The molecule has 13 heteroatoms. The predicted octanol–water partition coefficient (Wildman–Crippen LogP) is 7.84. The molecule has 67 heavy (non-hydrogen) atoms. The average Bonchev–Trinajstić information content (AvgIpc) is 3.43. The Morgan fingerprint density at radius 3 is 2.18 bits per heavy atom. The van der Waals surface area contributed by atoms with Crippen molar-refractivity contribution in [3.05, 3.63) is 69.4 Å². The zero-order chi connectivity index (χ0) is 48.8. The van der Waals surface area contributed by atoms with Gasteiger partial charge < -0.3 is 49.0 Å². The van der Waals surface area contributed by atoms with E-state index < -0.39 is 77.3 Å². The van der Waals surface area contributed by atoms with Gasteiger partial charge in [-0.2, -0.15) is 0 Å². The number of hydrogen-bond acceptors (Lipinski definition) is 12. The van der Waals surface area contributed by atoms with Crippen LogP contribution >= 0.6 is 0 Å². The summed E-state index contributed by atoms with van der Waals surface area (Å²) in [7, 11) is 0. The molecule has 4 bridgehead atoms. The minimum absolute atomic E-state index is 0.0122. The van der Waals surface area contributed by atoms with Crippen LogP contribution in [0.1, 0.15) is 155 Å². The van der Waals surface area contributed by atoms with E-state index in [1.165, 1.54) is 5.57 Å². The summed E-state index contributed by atoms with van der Waals surface area (Å²) in [6, 6.07) is 0. The van der Waals surface area contributed by atoms with E-state index in [1.807, 2.05) is 71.6 Å². The van der Waals surface area contributed by atoms with E-state index >= 15 is 9.59 Å². The highest BCUT2D eigenvalue weighted by molar-refractivity contribution is 6.19. The average molecular weight is 930 g/mol. The minimum atomic E-state index is -1.79. The zero-order valence-corrected chi connectivity index (χ0v) is 41.4. The minimum Gasteiger partial charge on any atom is -0.482 e. The quantitative estimate of drug-likeness (QED) is 0.0601. The highest BCUT2D eigenvalue weighted by Crippen LogP contribution is 2.69. The first-order valence-corrected chi connectivity index (χ1v) is 24.7. The highest BCUT2D eigenvalue weighted by Gasteiger charge is 2.81. The molecule has 0 radical (unpaired) electrons. The van der Waals surface area contributed by atoms with Gasteiger partial charge in [-0.15, -0.1) is 0 Å². The van der Waals surface area contributed by atoms with Crippen LogP contribution in [0.5, 0.6) is 17.2 Å². The van der Waals surface area contributed by atoms with Crippen molar-refractivity contribution in [3.8, 4) is 17.2 Å². The van der Waals surface area contributed by atoms with Crippen molar-refractivity contribution in [3.63, 3.8) is 0 Å². The van der Waals surface area contributed by atoms with E-state index in [2.05, 4.69) is 19.9 Å². The van der Waals surface area contributed by atoms with Crippen molar-refractivity contribution in [2.75, 3.05) is 19.7 Å². The van der Waals surface area contributed by atoms with Gasteiger partial charge in [0.15, 0.2) is 22.8 Å². The number of aliphatic hydroxyl groups excluding tert-OH is 4. The first kappa shape index (κ1) is 50.8. The molecule has 1 saturated carbocycles. The summed E-state index contributed by atoms with van der Waals surface area (Å²) in [6.45, 7) is 20.5. The number of unbranched alkanes of at least 4 members (excludes halogenated alkanes) is 4. The molecule has 4 N–H and O–H groups in total. The maximum atomic E-state index is 15.9. The van der Waals surface area contributed by atoms with Gasteiger partial charge in [0, 0.05) is 48.1 Å². The third kappa shape index (κ3) is 9.02. The number of carbonyl (C=O) groups excluding carboxylic acids is 3. The molecular formula is C54H75NO12. The molecule has 1 spiro atoms. The van der Waals surface area contributed by atoms with E-state index in [4.69, 9.17) is 23.7 Å². The second-order valence-corrected chi connectivity index (χ2v) is 21.0. The molecule has 13 nitrogen and oxygen atoms in total.